The number of hydrogen-bond acceptors (Lipinski definition) is 2. The Morgan fingerprint density at radius 3 is 0.778 bits per heavy atom. The lowest BCUT2D eigenvalue weighted by Crippen LogP contribution is -2.59. The van der Waals surface area contributed by atoms with Gasteiger partial charge in [0.15, 0.2) is 16.6 Å². The van der Waals surface area contributed by atoms with Gasteiger partial charge in [0.05, 0.1) is 0 Å². The van der Waals surface area contributed by atoms with Crippen LogP contribution in [0.4, 0.5) is 0 Å². The lowest BCUT2D eigenvalue weighted by molar-refractivity contribution is 0.332. The zero-order valence-electron chi connectivity index (χ0n) is 21.4. The second-order valence-electron chi connectivity index (χ2n) is 11.6. The minimum atomic E-state index is -1.95. The van der Waals surface area contributed by atoms with Crippen molar-refractivity contribution in [2.75, 3.05) is 0 Å². The van der Waals surface area contributed by atoms with Crippen LogP contribution in [0.5, 0.6) is 0 Å². The molecule has 0 aromatic rings. The van der Waals surface area contributed by atoms with Gasteiger partial charge >= 0.3 is 9.28 Å². The third kappa shape index (κ3) is 5.80. The summed E-state index contributed by atoms with van der Waals surface area (Å²) in [5.74, 6) is 0. The zero-order chi connectivity index (χ0) is 22.0. The molecule has 0 aromatic carbocycles. The number of rotatable bonds is 10. The van der Waals surface area contributed by atoms with E-state index >= 15 is 0 Å². The molecule has 0 aliphatic rings. The minimum Gasteiger partial charge on any atom is -0.437 e. The van der Waals surface area contributed by atoms with Gasteiger partial charge in [-0.3, -0.25) is 0 Å². The fraction of sp³-hybridized carbons (Fsp3) is 1.00. The molecule has 0 aliphatic carbocycles. The van der Waals surface area contributed by atoms with Crippen LogP contribution in [-0.2, 0) is 8.23 Å². The van der Waals surface area contributed by atoms with Crippen LogP contribution < -0.4 is 0 Å². The molecule has 164 valence electrons. The van der Waals surface area contributed by atoms with Crippen molar-refractivity contribution >= 4 is 25.9 Å². The van der Waals surface area contributed by atoms with E-state index < -0.39 is 25.9 Å². The summed E-state index contributed by atoms with van der Waals surface area (Å²) in [4.78, 5) is 0. The molecule has 0 bridgehead atoms. The topological polar surface area (TPSA) is 18.5 Å². The molecule has 0 rings (SSSR count). The molecular weight excluding hydrogens is 380 g/mol. The highest BCUT2D eigenvalue weighted by Gasteiger charge is 2.53. The second-order valence-corrected chi connectivity index (χ2v) is 26.2. The summed E-state index contributed by atoms with van der Waals surface area (Å²) in [5, 5.41) is 0.105. The average molecular weight is 433 g/mol. The predicted octanol–water partition coefficient (Wildman–Crippen LogP) is 8.39. The van der Waals surface area contributed by atoms with Crippen molar-refractivity contribution in [3.8, 4) is 0 Å². The van der Waals surface area contributed by atoms with Crippen molar-refractivity contribution in [1.82, 2.24) is 0 Å². The normalized spacial score (nSPS) is 14.9. The van der Waals surface area contributed by atoms with Gasteiger partial charge < -0.3 is 8.23 Å². The summed E-state index contributed by atoms with van der Waals surface area (Å²) >= 11 is 0. The maximum absolute atomic E-state index is 7.38. The van der Waals surface area contributed by atoms with Crippen LogP contribution in [0.15, 0.2) is 0 Å². The Morgan fingerprint density at radius 2 is 0.667 bits per heavy atom. The molecule has 0 saturated carbocycles. The molecule has 0 aliphatic heterocycles. The highest BCUT2D eigenvalue weighted by atomic mass is 28.4. The summed E-state index contributed by atoms with van der Waals surface area (Å²) in [6.45, 7) is 35.7. The predicted molar refractivity (Wildman–Crippen MR) is 131 cm³/mol. The van der Waals surface area contributed by atoms with Gasteiger partial charge in [-0.2, -0.15) is 0 Å². The molecule has 0 atom stereocenters. The molecule has 0 aromatic heterocycles. The standard InChI is InChI=1S/C22H52O2Si3/c1-16(2)26(17(3)4,18(5)6)23-25(22(13,14)15)24-27(19(7)8,20(9)10)21(11)12/h16-21,25H,1-15H3. The second kappa shape index (κ2) is 10.1. The van der Waals surface area contributed by atoms with Gasteiger partial charge in [0, 0.05) is 5.04 Å². The Hall–Kier alpha value is 0.571. The largest absolute Gasteiger partial charge is 0.437 e. The van der Waals surface area contributed by atoms with Crippen molar-refractivity contribution in [2.45, 2.75) is 142 Å². The van der Waals surface area contributed by atoms with E-state index in [-0.39, 0.29) is 5.04 Å². The Bertz CT molecular complexity index is 360. The van der Waals surface area contributed by atoms with Crippen molar-refractivity contribution < 1.29 is 8.23 Å². The van der Waals surface area contributed by atoms with Gasteiger partial charge in [0.1, 0.15) is 0 Å². The molecule has 5 heteroatoms. The van der Waals surface area contributed by atoms with Crippen LogP contribution in [0, 0.1) is 0 Å². The third-order valence-corrected chi connectivity index (χ3v) is 24.0. The fourth-order valence-corrected chi connectivity index (χ4v) is 26.5. The number of hydrogen-bond donors (Lipinski definition) is 0. The summed E-state index contributed by atoms with van der Waals surface area (Å²) in [6.07, 6.45) is 0. The van der Waals surface area contributed by atoms with E-state index in [0.717, 1.165) is 0 Å². The molecule has 0 amide bonds. The van der Waals surface area contributed by atoms with Gasteiger partial charge in [0.2, 0.25) is 0 Å². The van der Waals surface area contributed by atoms with Crippen molar-refractivity contribution in [2.24, 2.45) is 0 Å². The quantitative estimate of drug-likeness (QED) is 0.322. The van der Waals surface area contributed by atoms with Crippen LogP contribution in [0.25, 0.3) is 0 Å². The van der Waals surface area contributed by atoms with Crippen molar-refractivity contribution in [3.63, 3.8) is 0 Å². The van der Waals surface area contributed by atoms with E-state index in [1.54, 1.807) is 0 Å². The lowest BCUT2D eigenvalue weighted by Gasteiger charge is -2.51. The van der Waals surface area contributed by atoms with E-state index in [1.165, 1.54) is 0 Å². The van der Waals surface area contributed by atoms with Gasteiger partial charge in [0.25, 0.3) is 0 Å². The first kappa shape index (κ1) is 27.6. The Morgan fingerprint density at radius 1 is 0.481 bits per heavy atom. The third-order valence-electron chi connectivity index (χ3n) is 6.74. The summed E-state index contributed by atoms with van der Waals surface area (Å²) in [5.41, 5.74) is 3.62. The van der Waals surface area contributed by atoms with Crippen LogP contribution in [0.2, 0.25) is 38.3 Å². The summed E-state index contributed by atoms with van der Waals surface area (Å²) < 4.78 is 14.8. The van der Waals surface area contributed by atoms with Crippen molar-refractivity contribution in [1.29, 1.82) is 0 Å². The highest BCUT2D eigenvalue weighted by Crippen LogP contribution is 2.49. The molecule has 27 heavy (non-hydrogen) atoms. The first-order valence-electron chi connectivity index (χ1n) is 11.3. The van der Waals surface area contributed by atoms with Crippen LogP contribution >= 0.6 is 0 Å². The maximum atomic E-state index is 7.38. The summed E-state index contributed by atoms with van der Waals surface area (Å²) in [7, 11) is -5.78. The monoisotopic (exact) mass is 432 g/mol. The van der Waals surface area contributed by atoms with Gasteiger partial charge in [-0.05, 0) is 33.2 Å². The van der Waals surface area contributed by atoms with Crippen LogP contribution in [0.1, 0.15) is 104 Å². The molecule has 0 unspecified atom stereocenters. The Labute approximate surface area is 176 Å². The average Bonchev–Trinajstić information content (AvgIpc) is 2.43. The van der Waals surface area contributed by atoms with Gasteiger partial charge in [-0.25, -0.2) is 0 Å². The van der Waals surface area contributed by atoms with Gasteiger partial charge in [-0.15, -0.1) is 0 Å². The van der Waals surface area contributed by atoms with Crippen LogP contribution in [0.3, 0.4) is 0 Å². The first-order chi connectivity index (χ1) is 12.0. The van der Waals surface area contributed by atoms with E-state index in [2.05, 4.69) is 104 Å². The summed E-state index contributed by atoms with van der Waals surface area (Å²) in [6, 6.07) is 0. The van der Waals surface area contributed by atoms with Gasteiger partial charge in [-0.1, -0.05) is 104 Å². The van der Waals surface area contributed by atoms with E-state index in [9.17, 15) is 0 Å². The molecule has 2 nitrogen and oxygen atoms in total. The molecule has 0 heterocycles. The molecule has 0 fully saturated rings. The smallest absolute Gasteiger partial charge is 0.306 e. The van der Waals surface area contributed by atoms with Crippen LogP contribution in [-0.4, -0.2) is 25.9 Å². The fourth-order valence-electron chi connectivity index (χ4n) is 5.56. The Balaban J connectivity index is 6.30. The van der Waals surface area contributed by atoms with E-state index in [0.29, 0.717) is 33.2 Å². The first-order valence-corrected chi connectivity index (χ1v) is 17.1. The molecule has 0 N–H and O–H groups in total. The molecule has 0 radical (unpaired) electrons. The SMILES string of the molecule is CC(C)[Si](O[SiH](O[Si](C(C)C)(C(C)C)C(C)C)C(C)(C)C)(C(C)C)C(C)C. The Kier molecular flexibility index (Phi) is 10.3. The molecule has 0 saturated heterocycles. The zero-order valence-corrected chi connectivity index (χ0v) is 24.5. The molecular formula is C22H52O2Si3. The lowest BCUT2D eigenvalue weighted by atomic mass is 10.3. The highest BCUT2D eigenvalue weighted by molar-refractivity contribution is 6.87. The molecule has 0 spiro atoms. The minimum absolute atomic E-state index is 0.105. The maximum Gasteiger partial charge on any atom is 0.306 e. The van der Waals surface area contributed by atoms with E-state index in [4.69, 9.17) is 8.23 Å². The van der Waals surface area contributed by atoms with Crippen molar-refractivity contribution in [3.05, 3.63) is 0 Å². The van der Waals surface area contributed by atoms with E-state index in [1.807, 2.05) is 0 Å².